The summed E-state index contributed by atoms with van der Waals surface area (Å²) in [5.74, 6) is -1.28. The van der Waals surface area contributed by atoms with Gasteiger partial charge in [-0.25, -0.2) is 4.39 Å². The average molecular weight is 429 g/mol. The van der Waals surface area contributed by atoms with Crippen molar-refractivity contribution >= 4 is 23.1 Å². The summed E-state index contributed by atoms with van der Waals surface area (Å²) in [7, 11) is 0. The van der Waals surface area contributed by atoms with Crippen LogP contribution in [0.5, 0.6) is 0 Å². The van der Waals surface area contributed by atoms with Gasteiger partial charge in [-0.3, -0.25) is 19.5 Å². The van der Waals surface area contributed by atoms with Crippen LogP contribution in [0.1, 0.15) is 37.5 Å². The Morgan fingerprint density at radius 2 is 1.62 bits per heavy atom. The smallest absolute Gasteiger partial charge is 0.278 e. The lowest BCUT2D eigenvalue weighted by Gasteiger charge is -2.19. The van der Waals surface area contributed by atoms with Crippen LogP contribution in [0.15, 0.2) is 78.8 Å². The molecule has 0 aliphatic carbocycles. The van der Waals surface area contributed by atoms with Crippen molar-refractivity contribution in [3.8, 4) is 0 Å². The molecule has 162 valence electrons. The van der Waals surface area contributed by atoms with Crippen LogP contribution in [0, 0.1) is 5.82 Å². The van der Waals surface area contributed by atoms with Gasteiger partial charge in [-0.1, -0.05) is 51.1 Å². The lowest BCUT2D eigenvalue weighted by molar-refractivity contribution is -0.137. The van der Waals surface area contributed by atoms with Gasteiger partial charge < -0.3 is 5.32 Å². The fourth-order valence-electron chi connectivity index (χ4n) is 3.59. The van der Waals surface area contributed by atoms with E-state index in [2.05, 4.69) is 31.1 Å². The second-order valence-corrected chi connectivity index (χ2v) is 8.77. The number of rotatable bonds is 5. The maximum absolute atomic E-state index is 13.5. The molecule has 0 unspecified atom stereocenters. The molecular formula is C26H24FN3O2. The first-order chi connectivity index (χ1) is 15.2. The highest BCUT2D eigenvalue weighted by Crippen LogP contribution is 2.32. The second kappa shape index (κ2) is 8.38. The molecule has 1 aliphatic heterocycles. The zero-order valence-electron chi connectivity index (χ0n) is 18.2. The Morgan fingerprint density at radius 3 is 2.22 bits per heavy atom. The quantitative estimate of drug-likeness (QED) is 0.586. The maximum Gasteiger partial charge on any atom is 0.278 e. The van der Waals surface area contributed by atoms with Gasteiger partial charge in [-0.15, -0.1) is 0 Å². The third kappa shape index (κ3) is 4.30. The molecule has 0 atom stereocenters. The van der Waals surface area contributed by atoms with Gasteiger partial charge in [0.2, 0.25) is 0 Å². The van der Waals surface area contributed by atoms with E-state index in [1.165, 1.54) is 29.2 Å². The Kier molecular flexibility index (Phi) is 5.61. The Labute approximate surface area is 186 Å². The molecule has 1 N–H and O–H groups in total. The highest BCUT2D eigenvalue weighted by molar-refractivity contribution is 6.36. The molecule has 3 aromatic rings. The Bertz CT molecular complexity index is 1180. The van der Waals surface area contributed by atoms with Gasteiger partial charge in [0.15, 0.2) is 0 Å². The van der Waals surface area contributed by atoms with Crippen molar-refractivity contribution in [2.45, 2.75) is 32.7 Å². The monoisotopic (exact) mass is 429 g/mol. The number of carbonyl (C=O) groups excluding carboxylic acids is 2. The summed E-state index contributed by atoms with van der Waals surface area (Å²) in [6.07, 6.45) is 3.25. The largest absolute Gasteiger partial charge is 0.350 e. The van der Waals surface area contributed by atoms with Crippen LogP contribution in [0.3, 0.4) is 0 Å². The highest BCUT2D eigenvalue weighted by Gasteiger charge is 2.39. The molecule has 0 saturated heterocycles. The van der Waals surface area contributed by atoms with Gasteiger partial charge in [0, 0.05) is 18.1 Å². The zero-order chi connectivity index (χ0) is 22.9. The molecule has 32 heavy (non-hydrogen) atoms. The number of imide groups is 1. The third-order valence-electron chi connectivity index (χ3n) is 5.38. The van der Waals surface area contributed by atoms with Crippen molar-refractivity contribution < 1.29 is 14.0 Å². The van der Waals surface area contributed by atoms with Crippen LogP contribution in [0.4, 0.5) is 10.1 Å². The summed E-state index contributed by atoms with van der Waals surface area (Å²) in [5, 5.41) is 3.14. The topological polar surface area (TPSA) is 62.3 Å². The van der Waals surface area contributed by atoms with E-state index in [0.29, 0.717) is 11.3 Å². The van der Waals surface area contributed by atoms with Crippen molar-refractivity contribution in [1.29, 1.82) is 0 Å². The SMILES string of the molecule is CC(C)(C)c1ccc(NC2=C(c3ccc(F)cc3)C(=O)N(Cc3cccnc3)C2=O)cc1. The van der Waals surface area contributed by atoms with Gasteiger partial charge in [0.1, 0.15) is 11.5 Å². The van der Waals surface area contributed by atoms with Gasteiger partial charge in [0.25, 0.3) is 11.8 Å². The standard InChI is InChI=1S/C26H24FN3O2/c1-26(2,3)19-8-12-21(13-9-19)29-23-22(18-6-10-20(27)11-7-18)24(31)30(25(23)32)16-17-5-4-14-28-15-17/h4-15,29H,16H2,1-3H3. The number of anilines is 1. The van der Waals surface area contributed by atoms with Crippen molar-refractivity contribution in [2.75, 3.05) is 5.32 Å². The van der Waals surface area contributed by atoms with E-state index in [-0.39, 0.29) is 23.2 Å². The number of hydrogen-bond donors (Lipinski definition) is 1. The van der Waals surface area contributed by atoms with Crippen LogP contribution in [0.25, 0.3) is 5.57 Å². The third-order valence-corrected chi connectivity index (χ3v) is 5.38. The fraction of sp³-hybridized carbons (Fsp3) is 0.192. The van der Waals surface area contributed by atoms with Crippen molar-refractivity contribution in [1.82, 2.24) is 9.88 Å². The summed E-state index contributed by atoms with van der Waals surface area (Å²) < 4.78 is 13.5. The number of aromatic nitrogens is 1. The zero-order valence-corrected chi connectivity index (χ0v) is 18.2. The first-order valence-electron chi connectivity index (χ1n) is 10.4. The number of nitrogens with zero attached hydrogens (tertiary/aromatic N) is 2. The number of nitrogens with one attached hydrogen (secondary N) is 1. The molecular weight excluding hydrogens is 405 g/mol. The van der Waals surface area contributed by atoms with Gasteiger partial charge in [-0.05, 0) is 52.4 Å². The minimum absolute atomic E-state index is 0.00324. The van der Waals surface area contributed by atoms with Gasteiger partial charge >= 0.3 is 0 Å². The molecule has 0 spiro atoms. The summed E-state index contributed by atoms with van der Waals surface area (Å²) >= 11 is 0. The van der Waals surface area contributed by atoms with Crippen LogP contribution in [-0.2, 0) is 21.5 Å². The molecule has 2 aromatic carbocycles. The molecule has 1 aliphatic rings. The van der Waals surface area contributed by atoms with Crippen LogP contribution < -0.4 is 5.32 Å². The van der Waals surface area contributed by atoms with E-state index in [1.807, 2.05) is 30.3 Å². The second-order valence-electron chi connectivity index (χ2n) is 8.77. The minimum atomic E-state index is -0.432. The number of hydrogen-bond acceptors (Lipinski definition) is 4. The Hall–Kier alpha value is -3.80. The highest BCUT2D eigenvalue weighted by atomic mass is 19.1. The molecule has 1 aromatic heterocycles. The maximum atomic E-state index is 13.5. The molecule has 0 bridgehead atoms. The molecule has 2 heterocycles. The first-order valence-corrected chi connectivity index (χ1v) is 10.4. The Balaban J connectivity index is 1.71. The molecule has 0 saturated carbocycles. The average Bonchev–Trinajstić information content (AvgIpc) is 2.99. The summed E-state index contributed by atoms with van der Waals surface area (Å²) in [5.41, 5.74) is 3.46. The number of halogens is 1. The predicted molar refractivity (Wildman–Crippen MR) is 122 cm³/mol. The first kappa shape index (κ1) is 21.4. The number of pyridine rings is 1. The lowest BCUT2D eigenvalue weighted by atomic mass is 9.87. The molecule has 0 fully saturated rings. The summed E-state index contributed by atoms with van der Waals surface area (Å²) in [6, 6.07) is 16.9. The Morgan fingerprint density at radius 1 is 0.938 bits per heavy atom. The van der Waals surface area contributed by atoms with Crippen LogP contribution in [-0.4, -0.2) is 21.7 Å². The van der Waals surface area contributed by atoms with Crippen molar-refractivity contribution in [3.05, 3.63) is 101 Å². The van der Waals surface area contributed by atoms with E-state index >= 15 is 0 Å². The molecule has 4 rings (SSSR count). The van der Waals surface area contributed by atoms with E-state index < -0.39 is 17.6 Å². The predicted octanol–water partition coefficient (Wildman–Crippen LogP) is 4.91. The van der Waals surface area contributed by atoms with E-state index in [1.54, 1.807) is 18.5 Å². The fourth-order valence-corrected chi connectivity index (χ4v) is 3.59. The molecule has 5 nitrogen and oxygen atoms in total. The van der Waals surface area contributed by atoms with Gasteiger partial charge in [0.05, 0.1) is 12.1 Å². The van der Waals surface area contributed by atoms with Crippen molar-refractivity contribution in [2.24, 2.45) is 0 Å². The normalized spacial score (nSPS) is 14.3. The number of amides is 2. The summed E-state index contributed by atoms with van der Waals surface area (Å²) in [6.45, 7) is 6.48. The van der Waals surface area contributed by atoms with Crippen LogP contribution in [0.2, 0.25) is 0 Å². The van der Waals surface area contributed by atoms with E-state index in [4.69, 9.17) is 0 Å². The molecule has 6 heteroatoms. The van der Waals surface area contributed by atoms with Crippen LogP contribution >= 0.6 is 0 Å². The van der Waals surface area contributed by atoms with E-state index in [0.717, 1.165) is 11.1 Å². The van der Waals surface area contributed by atoms with Gasteiger partial charge in [-0.2, -0.15) is 0 Å². The molecule has 2 amide bonds. The van der Waals surface area contributed by atoms with E-state index in [9.17, 15) is 14.0 Å². The number of benzene rings is 2. The lowest BCUT2D eigenvalue weighted by Crippen LogP contribution is -2.32. The number of carbonyl (C=O) groups is 2. The van der Waals surface area contributed by atoms with Crippen molar-refractivity contribution in [3.63, 3.8) is 0 Å². The minimum Gasteiger partial charge on any atom is -0.350 e. The summed E-state index contributed by atoms with van der Waals surface area (Å²) in [4.78, 5) is 31.8. The molecule has 0 radical (unpaired) electrons.